The maximum absolute atomic E-state index is 12.8. The molecule has 2 amide bonds. The van der Waals surface area contributed by atoms with E-state index in [0.717, 1.165) is 22.3 Å². The first-order chi connectivity index (χ1) is 16.5. The molecule has 0 saturated heterocycles. The number of nitrogens with zero attached hydrogens (tertiary/aromatic N) is 1. The molecule has 3 N–H and O–H groups in total. The molecule has 1 aliphatic carbocycles. The van der Waals surface area contributed by atoms with Crippen LogP contribution in [0, 0.1) is 0 Å². The van der Waals surface area contributed by atoms with Crippen molar-refractivity contribution in [3.8, 4) is 11.1 Å². The molecule has 0 spiro atoms. The number of carboxylic acids is 1. The van der Waals surface area contributed by atoms with Gasteiger partial charge in [0.1, 0.15) is 12.6 Å². The SMILES string of the molecule is CCCC(NC(=O)OCC1c2ccccc2-c2ccccc21)C(=O)Nc1cncc(C(=O)O)c1. The van der Waals surface area contributed by atoms with E-state index < -0.39 is 24.0 Å². The second-order valence-corrected chi connectivity index (χ2v) is 8.07. The van der Waals surface area contributed by atoms with Crippen molar-refractivity contribution in [2.75, 3.05) is 11.9 Å². The topological polar surface area (TPSA) is 118 Å². The zero-order valence-electron chi connectivity index (χ0n) is 18.7. The van der Waals surface area contributed by atoms with Gasteiger partial charge in [-0.1, -0.05) is 61.9 Å². The fourth-order valence-electron chi connectivity index (χ4n) is 4.19. The minimum absolute atomic E-state index is 0.0469. The summed E-state index contributed by atoms with van der Waals surface area (Å²) in [5.41, 5.74) is 4.66. The molecular weight excluding hydrogens is 434 g/mol. The first-order valence-electron chi connectivity index (χ1n) is 11.1. The van der Waals surface area contributed by atoms with Crippen LogP contribution in [0.4, 0.5) is 10.5 Å². The number of pyridine rings is 1. The van der Waals surface area contributed by atoms with E-state index in [4.69, 9.17) is 9.84 Å². The highest BCUT2D eigenvalue weighted by Gasteiger charge is 2.29. The second-order valence-electron chi connectivity index (χ2n) is 8.07. The minimum Gasteiger partial charge on any atom is -0.478 e. The number of aromatic carboxylic acids is 1. The summed E-state index contributed by atoms with van der Waals surface area (Å²) in [5.74, 6) is -1.70. The van der Waals surface area contributed by atoms with Crippen LogP contribution in [0.15, 0.2) is 67.0 Å². The van der Waals surface area contributed by atoms with Crippen LogP contribution in [0.3, 0.4) is 0 Å². The van der Waals surface area contributed by atoms with Crippen LogP contribution in [-0.2, 0) is 9.53 Å². The van der Waals surface area contributed by atoms with Gasteiger partial charge in [-0.15, -0.1) is 0 Å². The molecule has 8 heteroatoms. The summed E-state index contributed by atoms with van der Waals surface area (Å²) in [7, 11) is 0. The zero-order valence-corrected chi connectivity index (χ0v) is 18.7. The van der Waals surface area contributed by atoms with Crippen LogP contribution in [-0.4, -0.2) is 40.7 Å². The van der Waals surface area contributed by atoms with Gasteiger partial charge in [-0.2, -0.15) is 0 Å². The van der Waals surface area contributed by atoms with E-state index in [-0.39, 0.29) is 23.8 Å². The Morgan fingerprint density at radius 1 is 1.03 bits per heavy atom. The number of nitrogens with one attached hydrogen (secondary N) is 2. The van der Waals surface area contributed by atoms with Gasteiger partial charge < -0.3 is 20.5 Å². The number of carbonyl (C=O) groups excluding carboxylic acids is 2. The van der Waals surface area contributed by atoms with Crippen LogP contribution in [0.1, 0.15) is 47.2 Å². The fourth-order valence-corrected chi connectivity index (χ4v) is 4.19. The van der Waals surface area contributed by atoms with E-state index in [9.17, 15) is 14.4 Å². The number of anilines is 1. The Bertz CT molecular complexity index is 1180. The Balaban J connectivity index is 1.40. The summed E-state index contributed by atoms with van der Waals surface area (Å²) >= 11 is 0. The van der Waals surface area contributed by atoms with Gasteiger partial charge in [0, 0.05) is 12.1 Å². The van der Waals surface area contributed by atoms with E-state index in [1.165, 1.54) is 18.5 Å². The van der Waals surface area contributed by atoms with Crippen molar-refractivity contribution in [3.05, 3.63) is 83.7 Å². The molecule has 0 fully saturated rings. The van der Waals surface area contributed by atoms with Gasteiger partial charge in [-0.05, 0) is 34.7 Å². The summed E-state index contributed by atoms with van der Waals surface area (Å²) in [6.45, 7) is 2.04. The maximum atomic E-state index is 12.8. The van der Waals surface area contributed by atoms with E-state index in [0.29, 0.717) is 12.8 Å². The van der Waals surface area contributed by atoms with Crippen molar-refractivity contribution in [1.29, 1.82) is 0 Å². The Labute approximate surface area is 197 Å². The van der Waals surface area contributed by atoms with Gasteiger partial charge in [0.15, 0.2) is 0 Å². The third kappa shape index (κ3) is 4.91. The number of ether oxygens (including phenoxy) is 1. The predicted octanol–water partition coefficient (Wildman–Crippen LogP) is 4.43. The highest BCUT2D eigenvalue weighted by molar-refractivity contribution is 5.97. The van der Waals surface area contributed by atoms with Crippen molar-refractivity contribution in [2.24, 2.45) is 0 Å². The van der Waals surface area contributed by atoms with E-state index in [1.54, 1.807) is 0 Å². The molecule has 0 saturated carbocycles. The van der Waals surface area contributed by atoms with Gasteiger partial charge in [0.05, 0.1) is 17.4 Å². The van der Waals surface area contributed by atoms with Crippen LogP contribution >= 0.6 is 0 Å². The first-order valence-corrected chi connectivity index (χ1v) is 11.1. The second kappa shape index (κ2) is 10.2. The minimum atomic E-state index is -1.15. The molecule has 1 unspecified atom stereocenters. The van der Waals surface area contributed by atoms with Gasteiger partial charge in [-0.25, -0.2) is 9.59 Å². The third-order valence-corrected chi connectivity index (χ3v) is 5.78. The number of rotatable bonds is 8. The van der Waals surface area contributed by atoms with Gasteiger partial charge in [-0.3, -0.25) is 9.78 Å². The molecule has 0 aliphatic heterocycles. The number of carboxylic acid groups (broad SMARTS) is 1. The third-order valence-electron chi connectivity index (χ3n) is 5.78. The predicted molar refractivity (Wildman–Crippen MR) is 127 cm³/mol. The number of aromatic nitrogens is 1. The van der Waals surface area contributed by atoms with E-state index in [2.05, 4.69) is 27.8 Å². The summed E-state index contributed by atoms with van der Waals surface area (Å²) < 4.78 is 5.55. The molecule has 174 valence electrons. The standard InChI is InChI=1S/C26H25N3O5/c1-2-7-23(24(30)28-17-12-16(25(31)32)13-27-14-17)29-26(33)34-15-22-20-10-5-3-8-18(20)19-9-4-6-11-21(19)22/h3-6,8-14,22-23H,2,7,15H2,1H3,(H,28,30)(H,29,33)(H,31,32). The van der Waals surface area contributed by atoms with Crippen molar-refractivity contribution >= 4 is 23.7 Å². The lowest BCUT2D eigenvalue weighted by atomic mass is 9.98. The molecule has 8 nitrogen and oxygen atoms in total. The highest BCUT2D eigenvalue weighted by Crippen LogP contribution is 2.44. The average molecular weight is 460 g/mol. The average Bonchev–Trinajstić information content (AvgIpc) is 3.16. The Kier molecular flexibility index (Phi) is 6.87. The monoisotopic (exact) mass is 459 g/mol. The smallest absolute Gasteiger partial charge is 0.407 e. The molecule has 3 aromatic rings. The molecule has 2 aromatic carbocycles. The van der Waals surface area contributed by atoms with E-state index in [1.807, 2.05) is 43.3 Å². The van der Waals surface area contributed by atoms with Crippen LogP contribution in [0.25, 0.3) is 11.1 Å². The quantitative estimate of drug-likeness (QED) is 0.459. The lowest BCUT2D eigenvalue weighted by molar-refractivity contribution is -0.118. The lowest BCUT2D eigenvalue weighted by Crippen LogP contribution is -2.44. The first kappa shape index (κ1) is 23.0. The Morgan fingerprint density at radius 3 is 2.29 bits per heavy atom. The maximum Gasteiger partial charge on any atom is 0.407 e. The highest BCUT2D eigenvalue weighted by atomic mass is 16.5. The van der Waals surface area contributed by atoms with Crippen LogP contribution < -0.4 is 10.6 Å². The number of benzene rings is 2. The van der Waals surface area contributed by atoms with Crippen molar-refractivity contribution in [2.45, 2.75) is 31.7 Å². The van der Waals surface area contributed by atoms with E-state index >= 15 is 0 Å². The van der Waals surface area contributed by atoms with Gasteiger partial charge in [0.25, 0.3) is 0 Å². The molecular formula is C26H25N3O5. The summed E-state index contributed by atoms with van der Waals surface area (Å²) in [4.78, 5) is 40.3. The van der Waals surface area contributed by atoms with Crippen molar-refractivity contribution < 1.29 is 24.2 Å². The molecule has 0 bridgehead atoms. The number of fused-ring (bicyclic) bond motifs is 3. The van der Waals surface area contributed by atoms with Crippen LogP contribution in [0.5, 0.6) is 0 Å². The summed E-state index contributed by atoms with van der Waals surface area (Å²) in [5, 5.41) is 14.4. The molecule has 34 heavy (non-hydrogen) atoms. The largest absolute Gasteiger partial charge is 0.478 e. The fraction of sp³-hybridized carbons (Fsp3) is 0.231. The number of carbonyl (C=O) groups is 3. The normalized spacial score (nSPS) is 12.9. The molecule has 1 aromatic heterocycles. The lowest BCUT2D eigenvalue weighted by Gasteiger charge is -2.19. The Morgan fingerprint density at radius 2 is 1.68 bits per heavy atom. The van der Waals surface area contributed by atoms with Gasteiger partial charge in [0.2, 0.25) is 5.91 Å². The zero-order chi connectivity index (χ0) is 24.1. The molecule has 1 atom stereocenters. The number of hydrogen-bond donors (Lipinski definition) is 3. The van der Waals surface area contributed by atoms with Gasteiger partial charge >= 0.3 is 12.1 Å². The van der Waals surface area contributed by atoms with Crippen molar-refractivity contribution in [3.63, 3.8) is 0 Å². The summed E-state index contributed by atoms with van der Waals surface area (Å²) in [6, 6.07) is 16.6. The summed E-state index contributed by atoms with van der Waals surface area (Å²) in [6.07, 6.45) is 2.89. The number of amides is 2. The van der Waals surface area contributed by atoms with Crippen LogP contribution in [0.2, 0.25) is 0 Å². The number of hydrogen-bond acceptors (Lipinski definition) is 5. The molecule has 1 heterocycles. The van der Waals surface area contributed by atoms with Crippen molar-refractivity contribution in [1.82, 2.24) is 10.3 Å². The molecule has 1 aliphatic rings. The number of alkyl carbamates (subject to hydrolysis) is 1. The molecule has 0 radical (unpaired) electrons. The Hall–Kier alpha value is -4.20. The molecule has 4 rings (SSSR count).